The Morgan fingerprint density at radius 2 is 1.64 bits per heavy atom. The van der Waals surface area contributed by atoms with Gasteiger partial charge in [0, 0.05) is 11.3 Å². The molecular formula is C29H34F3N5O5. The smallest absolute Gasteiger partial charge is 0.490 e. The molecule has 0 aliphatic carbocycles. The van der Waals surface area contributed by atoms with Crippen molar-refractivity contribution in [1.29, 1.82) is 5.41 Å². The Balaban J connectivity index is 0.000000782. The zero-order chi connectivity index (χ0) is 31.4. The van der Waals surface area contributed by atoms with Crippen molar-refractivity contribution in [1.82, 2.24) is 5.43 Å². The Morgan fingerprint density at radius 1 is 1.02 bits per heavy atom. The monoisotopic (exact) mass is 589 g/mol. The highest BCUT2D eigenvalue weighted by Crippen LogP contribution is 2.33. The van der Waals surface area contributed by atoms with Gasteiger partial charge in [-0.25, -0.2) is 4.79 Å². The van der Waals surface area contributed by atoms with Crippen molar-refractivity contribution < 1.29 is 37.3 Å². The van der Waals surface area contributed by atoms with Gasteiger partial charge in [0.25, 0.3) is 5.91 Å². The first-order valence-corrected chi connectivity index (χ1v) is 12.8. The van der Waals surface area contributed by atoms with Gasteiger partial charge in [-0.15, -0.1) is 0 Å². The second-order valence-electron chi connectivity index (χ2n) is 9.11. The van der Waals surface area contributed by atoms with Gasteiger partial charge in [0.2, 0.25) is 0 Å². The number of hydrogen-bond donors (Lipinski definition) is 6. The number of para-hydroxylation sites is 1. The normalized spacial score (nSPS) is 11.4. The highest BCUT2D eigenvalue weighted by Gasteiger charge is 2.38. The second kappa shape index (κ2) is 15.2. The number of amides is 1. The number of carbonyl (C=O) groups excluding carboxylic acids is 1. The molecule has 0 aliphatic heterocycles. The number of ether oxygens (including phenoxy) is 2. The predicted octanol–water partition coefficient (Wildman–Crippen LogP) is 5.39. The van der Waals surface area contributed by atoms with Crippen molar-refractivity contribution in [2.45, 2.75) is 46.0 Å². The molecule has 0 saturated heterocycles. The summed E-state index contributed by atoms with van der Waals surface area (Å²) in [5, 5.41) is 18.0. The first kappa shape index (κ1) is 33.3. The fourth-order valence-corrected chi connectivity index (χ4v) is 3.45. The van der Waals surface area contributed by atoms with Crippen molar-refractivity contribution >= 4 is 29.1 Å². The number of anilines is 2. The number of nitrogen functional groups attached to an aromatic ring is 1. The summed E-state index contributed by atoms with van der Waals surface area (Å²) in [6.07, 6.45) is -5.10. The van der Waals surface area contributed by atoms with E-state index in [1.54, 1.807) is 24.3 Å². The minimum atomic E-state index is -5.08. The van der Waals surface area contributed by atoms with Gasteiger partial charge in [-0.05, 0) is 81.3 Å². The first-order valence-electron chi connectivity index (χ1n) is 12.8. The molecular weight excluding hydrogens is 555 g/mol. The van der Waals surface area contributed by atoms with E-state index in [0.29, 0.717) is 34.9 Å². The quantitative estimate of drug-likeness (QED) is 0.0986. The van der Waals surface area contributed by atoms with E-state index in [1.807, 2.05) is 70.2 Å². The SMILES string of the molecule is CCOc1cc(C(Nc2ccc(C(=N)N)cc2)C(=O)NNc2ccccc2C)ccc1OC(C)C.O=C(O)C(F)(F)F. The van der Waals surface area contributed by atoms with Crippen LogP contribution in [-0.4, -0.2) is 41.7 Å². The Labute approximate surface area is 241 Å². The van der Waals surface area contributed by atoms with Crippen LogP contribution in [0.5, 0.6) is 11.5 Å². The van der Waals surface area contributed by atoms with Gasteiger partial charge in [0.15, 0.2) is 11.5 Å². The van der Waals surface area contributed by atoms with Crippen molar-refractivity contribution in [3.8, 4) is 11.5 Å². The van der Waals surface area contributed by atoms with E-state index in [-0.39, 0.29) is 17.8 Å². The van der Waals surface area contributed by atoms with Crippen LogP contribution in [0.2, 0.25) is 0 Å². The fraction of sp³-hybridized carbons (Fsp3) is 0.276. The molecule has 3 rings (SSSR count). The summed E-state index contributed by atoms with van der Waals surface area (Å²) in [6.45, 7) is 8.22. The molecule has 0 fully saturated rings. The van der Waals surface area contributed by atoms with Crippen LogP contribution in [-0.2, 0) is 9.59 Å². The lowest BCUT2D eigenvalue weighted by atomic mass is 10.0. The molecule has 0 aliphatic rings. The second-order valence-corrected chi connectivity index (χ2v) is 9.11. The number of halogens is 3. The number of nitrogens with one attached hydrogen (secondary N) is 4. The number of hydrazine groups is 1. The van der Waals surface area contributed by atoms with E-state index in [0.717, 1.165) is 11.3 Å². The van der Waals surface area contributed by atoms with Gasteiger partial charge in [-0.1, -0.05) is 24.3 Å². The molecule has 42 heavy (non-hydrogen) atoms. The number of aliphatic carboxylic acids is 1. The topological polar surface area (TPSA) is 159 Å². The standard InChI is InChI=1S/C27H33N5O3.C2HF3O2/c1-5-34-24-16-20(12-15-23(24)35-17(2)3)25(30-21-13-10-19(11-14-21)26(28)29)27(33)32-31-22-9-7-6-8-18(22)4;3-2(4,5)1(6)7/h6-17,25,30-31H,5H2,1-4H3,(H3,28,29)(H,32,33);(H,6,7). The predicted molar refractivity (Wildman–Crippen MR) is 154 cm³/mol. The lowest BCUT2D eigenvalue weighted by Crippen LogP contribution is -2.37. The third-order valence-corrected chi connectivity index (χ3v) is 5.44. The number of hydrogen-bond acceptors (Lipinski definition) is 7. The molecule has 0 saturated carbocycles. The average molecular weight is 590 g/mol. The van der Waals surface area contributed by atoms with Gasteiger partial charge >= 0.3 is 12.1 Å². The molecule has 0 radical (unpaired) electrons. The van der Waals surface area contributed by atoms with E-state index in [1.165, 1.54) is 0 Å². The summed E-state index contributed by atoms with van der Waals surface area (Å²) < 4.78 is 43.4. The van der Waals surface area contributed by atoms with Crippen LogP contribution in [0.4, 0.5) is 24.5 Å². The first-order chi connectivity index (χ1) is 19.7. The highest BCUT2D eigenvalue weighted by atomic mass is 19.4. The molecule has 7 N–H and O–H groups in total. The van der Waals surface area contributed by atoms with Crippen LogP contribution < -0.4 is 31.4 Å². The number of aryl methyl sites for hydroxylation is 1. The van der Waals surface area contributed by atoms with Crippen LogP contribution in [0, 0.1) is 12.3 Å². The summed E-state index contributed by atoms with van der Waals surface area (Å²) in [4.78, 5) is 22.3. The number of carboxylic acids is 1. The molecule has 3 aromatic rings. The maximum absolute atomic E-state index is 13.4. The molecule has 0 bridgehead atoms. The molecule has 3 aromatic carbocycles. The van der Waals surface area contributed by atoms with Gasteiger partial charge in [0.05, 0.1) is 18.4 Å². The van der Waals surface area contributed by atoms with Crippen molar-refractivity contribution in [3.63, 3.8) is 0 Å². The Morgan fingerprint density at radius 3 is 2.17 bits per heavy atom. The summed E-state index contributed by atoms with van der Waals surface area (Å²) >= 11 is 0. The van der Waals surface area contributed by atoms with Crippen molar-refractivity contribution in [3.05, 3.63) is 83.4 Å². The summed E-state index contributed by atoms with van der Waals surface area (Å²) in [6, 6.07) is 19.4. The van der Waals surface area contributed by atoms with Crippen LogP contribution in [0.15, 0.2) is 66.7 Å². The maximum atomic E-state index is 13.4. The summed E-state index contributed by atoms with van der Waals surface area (Å²) in [5.41, 5.74) is 15.2. The molecule has 0 heterocycles. The molecule has 13 heteroatoms. The van der Waals surface area contributed by atoms with Gasteiger partial charge in [-0.2, -0.15) is 13.2 Å². The van der Waals surface area contributed by atoms with E-state index >= 15 is 0 Å². The molecule has 1 unspecified atom stereocenters. The third-order valence-electron chi connectivity index (χ3n) is 5.44. The zero-order valence-corrected chi connectivity index (χ0v) is 23.5. The molecule has 1 amide bonds. The number of rotatable bonds is 11. The Hall–Kier alpha value is -4.94. The molecule has 10 nitrogen and oxygen atoms in total. The summed E-state index contributed by atoms with van der Waals surface area (Å²) in [7, 11) is 0. The van der Waals surface area contributed by atoms with Crippen LogP contribution in [0.25, 0.3) is 0 Å². The minimum absolute atomic E-state index is 0.0182. The van der Waals surface area contributed by atoms with Gasteiger partial charge in [-0.3, -0.25) is 21.1 Å². The molecule has 0 aromatic heterocycles. The number of carbonyl (C=O) groups is 2. The average Bonchev–Trinajstić information content (AvgIpc) is 2.92. The van der Waals surface area contributed by atoms with Crippen molar-refractivity contribution in [2.24, 2.45) is 5.73 Å². The minimum Gasteiger partial charge on any atom is -0.490 e. The number of alkyl halides is 3. The fourth-order valence-electron chi connectivity index (χ4n) is 3.45. The molecule has 226 valence electrons. The number of nitrogens with two attached hydrogens (primary N) is 1. The lowest BCUT2D eigenvalue weighted by molar-refractivity contribution is -0.192. The van der Waals surface area contributed by atoms with Gasteiger partial charge in [0.1, 0.15) is 11.9 Å². The molecule has 0 spiro atoms. The number of amidine groups is 1. The highest BCUT2D eigenvalue weighted by molar-refractivity contribution is 5.95. The summed E-state index contributed by atoms with van der Waals surface area (Å²) in [5.74, 6) is -1.88. The van der Waals surface area contributed by atoms with E-state index in [9.17, 15) is 18.0 Å². The third kappa shape index (κ3) is 10.2. The molecule has 1 atom stereocenters. The van der Waals surface area contributed by atoms with E-state index in [2.05, 4.69) is 16.2 Å². The largest absolute Gasteiger partial charge is 0.490 e. The van der Waals surface area contributed by atoms with Crippen LogP contribution in [0.3, 0.4) is 0 Å². The maximum Gasteiger partial charge on any atom is 0.490 e. The Bertz CT molecular complexity index is 1360. The lowest BCUT2D eigenvalue weighted by Gasteiger charge is -2.23. The zero-order valence-electron chi connectivity index (χ0n) is 23.5. The van der Waals surface area contributed by atoms with Crippen LogP contribution in [0.1, 0.15) is 43.5 Å². The Kier molecular flexibility index (Phi) is 12.0. The van der Waals surface area contributed by atoms with E-state index in [4.69, 9.17) is 30.5 Å². The van der Waals surface area contributed by atoms with Crippen LogP contribution >= 0.6 is 0 Å². The van der Waals surface area contributed by atoms with Gasteiger partial charge < -0.3 is 25.6 Å². The number of benzene rings is 3. The number of carboxylic acid groups (broad SMARTS) is 1. The van der Waals surface area contributed by atoms with Crippen molar-refractivity contribution in [2.75, 3.05) is 17.3 Å². The van der Waals surface area contributed by atoms with E-state index < -0.39 is 18.2 Å².